The minimum absolute atomic E-state index is 0.0934. The third-order valence-corrected chi connectivity index (χ3v) is 4.33. The molecule has 1 nitrogen and oxygen atoms in total. The lowest BCUT2D eigenvalue weighted by molar-refractivity contribution is 0.495. The van der Waals surface area contributed by atoms with E-state index in [-0.39, 0.29) is 16.3 Å². The van der Waals surface area contributed by atoms with E-state index in [1.807, 2.05) is 6.92 Å². The highest BCUT2D eigenvalue weighted by Crippen LogP contribution is 2.30. The van der Waals surface area contributed by atoms with E-state index in [9.17, 15) is 13.2 Å². The average molecular weight is 358 g/mol. The number of likely N-dealkylation sites (N-methyl/N-ethyl adjacent to an activating group) is 1. The first-order valence-corrected chi connectivity index (χ1v) is 7.29. The molecular formula is C16H15BrF3N. The van der Waals surface area contributed by atoms with Gasteiger partial charge in [0.05, 0.1) is 4.47 Å². The Hall–Kier alpha value is -1.33. The van der Waals surface area contributed by atoms with Crippen LogP contribution in [0.15, 0.2) is 34.8 Å². The maximum atomic E-state index is 13.7. The Labute approximate surface area is 130 Å². The molecule has 1 atom stereocenters. The molecule has 1 N–H and O–H groups in total. The summed E-state index contributed by atoms with van der Waals surface area (Å²) >= 11 is 3.09. The van der Waals surface area contributed by atoms with Crippen molar-refractivity contribution in [1.82, 2.24) is 5.32 Å². The van der Waals surface area contributed by atoms with Crippen LogP contribution in [0.25, 0.3) is 0 Å². The molecule has 0 fully saturated rings. The second-order valence-electron chi connectivity index (χ2n) is 4.88. The van der Waals surface area contributed by atoms with Crippen LogP contribution in [0.2, 0.25) is 0 Å². The molecule has 0 aromatic heterocycles. The maximum absolute atomic E-state index is 13.7. The number of hydrogen-bond donors (Lipinski definition) is 1. The second kappa shape index (κ2) is 6.62. The Morgan fingerprint density at radius 2 is 1.86 bits per heavy atom. The Kier molecular flexibility index (Phi) is 5.06. The molecule has 0 aliphatic heterocycles. The van der Waals surface area contributed by atoms with Gasteiger partial charge < -0.3 is 5.32 Å². The largest absolute Gasteiger partial charge is 0.313 e. The molecule has 0 heterocycles. The molecule has 0 radical (unpaired) electrons. The number of hydrogen-bond acceptors (Lipinski definition) is 1. The molecule has 0 amide bonds. The summed E-state index contributed by atoms with van der Waals surface area (Å²) in [6.45, 7) is 1.89. The van der Waals surface area contributed by atoms with Gasteiger partial charge in [-0.2, -0.15) is 0 Å². The lowest BCUT2D eigenvalue weighted by atomic mass is 9.96. The van der Waals surface area contributed by atoms with E-state index in [2.05, 4.69) is 21.2 Å². The van der Waals surface area contributed by atoms with Crippen LogP contribution in [0.1, 0.15) is 22.7 Å². The first-order valence-electron chi connectivity index (χ1n) is 6.49. The van der Waals surface area contributed by atoms with Crippen molar-refractivity contribution in [3.8, 4) is 0 Å². The van der Waals surface area contributed by atoms with Gasteiger partial charge in [-0.3, -0.25) is 0 Å². The quantitative estimate of drug-likeness (QED) is 0.783. The molecule has 0 bridgehead atoms. The number of benzene rings is 2. The fourth-order valence-electron chi connectivity index (χ4n) is 2.26. The molecule has 0 spiro atoms. The predicted octanol–water partition coefficient (Wildman–Crippen LogP) is 4.68. The summed E-state index contributed by atoms with van der Waals surface area (Å²) in [5.74, 6) is -2.12. The molecule has 0 aliphatic rings. The smallest absolute Gasteiger partial charge is 0.173 e. The third-order valence-electron chi connectivity index (χ3n) is 3.52. The zero-order valence-corrected chi connectivity index (χ0v) is 13.3. The van der Waals surface area contributed by atoms with Gasteiger partial charge >= 0.3 is 0 Å². The van der Waals surface area contributed by atoms with Crippen molar-refractivity contribution in [2.75, 3.05) is 7.05 Å². The van der Waals surface area contributed by atoms with Crippen LogP contribution in [-0.2, 0) is 6.42 Å². The van der Waals surface area contributed by atoms with Crippen LogP contribution in [0, 0.1) is 24.4 Å². The number of aryl methyl sites for hydroxylation is 1. The summed E-state index contributed by atoms with van der Waals surface area (Å²) in [6, 6.07) is 6.94. The van der Waals surface area contributed by atoms with Crippen molar-refractivity contribution < 1.29 is 13.2 Å². The third kappa shape index (κ3) is 3.47. The van der Waals surface area contributed by atoms with Crippen molar-refractivity contribution in [2.45, 2.75) is 19.4 Å². The van der Waals surface area contributed by atoms with Crippen molar-refractivity contribution in [3.63, 3.8) is 0 Å². The summed E-state index contributed by atoms with van der Waals surface area (Å²) in [6.07, 6.45) is 0.476. The fourth-order valence-corrected chi connectivity index (χ4v) is 2.86. The Balaban J connectivity index is 2.37. The fraction of sp³-hybridized carbons (Fsp3) is 0.250. The minimum atomic E-state index is -0.913. The predicted molar refractivity (Wildman–Crippen MR) is 80.7 cm³/mol. The highest BCUT2D eigenvalue weighted by molar-refractivity contribution is 9.10. The van der Waals surface area contributed by atoms with Crippen molar-refractivity contribution in [3.05, 3.63) is 68.9 Å². The number of nitrogens with one attached hydrogen (secondary N) is 1. The lowest BCUT2D eigenvalue weighted by Crippen LogP contribution is -2.20. The normalized spacial score (nSPS) is 12.5. The first kappa shape index (κ1) is 16.0. The van der Waals surface area contributed by atoms with Gasteiger partial charge in [0.2, 0.25) is 0 Å². The summed E-state index contributed by atoms with van der Waals surface area (Å²) in [4.78, 5) is 0. The van der Waals surface area contributed by atoms with Crippen LogP contribution in [0.4, 0.5) is 13.2 Å². The summed E-state index contributed by atoms with van der Waals surface area (Å²) in [7, 11) is 1.73. The van der Waals surface area contributed by atoms with E-state index in [1.54, 1.807) is 13.1 Å². The molecule has 0 saturated heterocycles. The Morgan fingerprint density at radius 3 is 2.52 bits per heavy atom. The van der Waals surface area contributed by atoms with E-state index in [4.69, 9.17) is 0 Å². The van der Waals surface area contributed by atoms with Gasteiger partial charge in [0.15, 0.2) is 11.6 Å². The van der Waals surface area contributed by atoms with E-state index in [0.717, 1.165) is 17.2 Å². The van der Waals surface area contributed by atoms with Crippen LogP contribution >= 0.6 is 15.9 Å². The van der Waals surface area contributed by atoms with Gasteiger partial charge in [0.25, 0.3) is 0 Å². The van der Waals surface area contributed by atoms with Crippen LogP contribution in [0.3, 0.4) is 0 Å². The number of halogens is 4. The Bertz CT molecular complexity index is 658. The molecular weight excluding hydrogens is 343 g/mol. The highest BCUT2D eigenvalue weighted by atomic mass is 79.9. The van der Waals surface area contributed by atoms with Gasteiger partial charge in [0.1, 0.15) is 5.82 Å². The molecule has 112 valence electrons. The van der Waals surface area contributed by atoms with Crippen molar-refractivity contribution in [1.29, 1.82) is 0 Å². The zero-order valence-electron chi connectivity index (χ0n) is 11.7. The van der Waals surface area contributed by atoms with Gasteiger partial charge in [-0.05, 0) is 71.2 Å². The molecule has 5 heteroatoms. The average Bonchev–Trinajstić information content (AvgIpc) is 2.46. The van der Waals surface area contributed by atoms with E-state index < -0.39 is 11.6 Å². The molecule has 2 aromatic rings. The summed E-state index contributed by atoms with van der Waals surface area (Å²) in [5, 5.41) is 3.06. The minimum Gasteiger partial charge on any atom is -0.313 e. The molecule has 2 rings (SSSR count). The van der Waals surface area contributed by atoms with E-state index in [0.29, 0.717) is 12.0 Å². The van der Waals surface area contributed by atoms with Crippen LogP contribution in [-0.4, -0.2) is 7.05 Å². The highest BCUT2D eigenvalue weighted by Gasteiger charge is 2.19. The summed E-state index contributed by atoms with van der Waals surface area (Å²) in [5.41, 5.74) is 2.38. The molecule has 1 unspecified atom stereocenters. The monoisotopic (exact) mass is 357 g/mol. The summed E-state index contributed by atoms with van der Waals surface area (Å²) < 4.78 is 40.3. The Morgan fingerprint density at radius 1 is 1.14 bits per heavy atom. The van der Waals surface area contributed by atoms with E-state index >= 15 is 0 Å². The SMILES string of the molecule is CNC(Cc1cc(F)ccc1C)c1ccc(F)c(F)c1Br. The van der Waals surface area contributed by atoms with Crippen LogP contribution < -0.4 is 5.32 Å². The number of rotatable bonds is 4. The lowest BCUT2D eigenvalue weighted by Gasteiger charge is -2.20. The molecule has 0 saturated carbocycles. The van der Waals surface area contributed by atoms with Gasteiger partial charge in [0, 0.05) is 6.04 Å². The van der Waals surface area contributed by atoms with Gasteiger partial charge in [-0.1, -0.05) is 12.1 Å². The van der Waals surface area contributed by atoms with Gasteiger partial charge in [-0.15, -0.1) is 0 Å². The van der Waals surface area contributed by atoms with Gasteiger partial charge in [-0.25, -0.2) is 13.2 Å². The zero-order chi connectivity index (χ0) is 15.6. The molecule has 21 heavy (non-hydrogen) atoms. The van der Waals surface area contributed by atoms with Crippen molar-refractivity contribution >= 4 is 15.9 Å². The maximum Gasteiger partial charge on any atom is 0.173 e. The standard InChI is InChI=1S/C16H15BrF3N/c1-9-3-4-11(18)7-10(9)8-14(21-2)12-5-6-13(19)16(20)15(12)17/h3-7,14,21H,8H2,1-2H3. The second-order valence-corrected chi connectivity index (χ2v) is 5.67. The van der Waals surface area contributed by atoms with Crippen molar-refractivity contribution in [2.24, 2.45) is 0 Å². The first-order chi connectivity index (χ1) is 9.93. The molecule has 2 aromatic carbocycles. The van der Waals surface area contributed by atoms with Crippen LogP contribution in [0.5, 0.6) is 0 Å². The molecule has 0 aliphatic carbocycles. The van der Waals surface area contributed by atoms with E-state index in [1.165, 1.54) is 18.2 Å². The topological polar surface area (TPSA) is 12.0 Å².